The van der Waals surface area contributed by atoms with E-state index >= 15 is 0 Å². The first-order valence-electron chi connectivity index (χ1n) is 6.61. The summed E-state index contributed by atoms with van der Waals surface area (Å²) < 4.78 is 12.7. The van der Waals surface area contributed by atoms with E-state index in [2.05, 4.69) is 15.6 Å². The van der Waals surface area contributed by atoms with Gasteiger partial charge < -0.3 is 24.7 Å². The first-order chi connectivity index (χ1) is 9.33. The molecule has 1 aromatic rings. The van der Waals surface area contributed by atoms with Gasteiger partial charge in [0.05, 0.1) is 25.9 Å². The molecule has 1 unspecified atom stereocenters. The number of carbonyl (C=O) groups excluding carboxylic acids is 1. The Morgan fingerprint density at radius 2 is 2.53 bits per heavy atom. The summed E-state index contributed by atoms with van der Waals surface area (Å²) in [5.74, 6) is 0.603. The van der Waals surface area contributed by atoms with Gasteiger partial charge in [0.2, 0.25) is 5.95 Å². The number of aromatic nitrogens is 2. The van der Waals surface area contributed by atoms with Gasteiger partial charge in [0.1, 0.15) is 5.69 Å². The van der Waals surface area contributed by atoms with E-state index in [0.29, 0.717) is 32.1 Å². The van der Waals surface area contributed by atoms with Gasteiger partial charge in [-0.2, -0.15) is 0 Å². The number of nitrogens with zero attached hydrogens (tertiary/aromatic N) is 2. The van der Waals surface area contributed by atoms with E-state index in [1.165, 1.54) is 0 Å². The molecule has 104 valence electrons. The monoisotopic (exact) mass is 266 g/mol. The molecule has 0 radical (unpaired) electrons. The number of hydrogen-bond acceptors (Lipinski definition) is 5. The van der Waals surface area contributed by atoms with Gasteiger partial charge in [0.25, 0.3) is 5.91 Å². The first kappa shape index (κ1) is 12.4. The minimum atomic E-state index is -0.169. The van der Waals surface area contributed by atoms with Crippen molar-refractivity contribution >= 4 is 11.9 Å². The highest BCUT2D eigenvalue weighted by molar-refractivity contribution is 5.92. The lowest BCUT2D eigenvalue weighted by Gasteiger charge is -2.22. The summed E-state index contributed by atoms with van der Waals surface area (Å²) in [6.45, 7) is 4.01. The number of carbonyl (C=O) groups is 1. The van der Waals surface area contributed by atoms with Crippen LogP contribution in [-0.2, 0) is 16.0 Å². The third kappa shape index (κ3) is 2.87. The van der Waals surface area contributed by atoms with E-state index < -0.39 is 0 Å². The fourth-order valence-electron chi connectivity index (χ4n) is 2.24. The average molecular weight is 266 g/mol. The Hall–Kier alpha value is -1.60. The van der Waals surface area contributed by atoms with Gasteiger partial charge in [-0.25, -0.2) is 4.98 Å². The standard InChI is InChI=1S/C12H18N4O3/c17-11(14-6-9-8-18-4-5-19-9)10-7-16-3-1-2-13-12(16)15-10/h7,9H,1-6,8H2,(H,13,15)(H,14,17). The largest absolute Gasteiger partial charge is 0.376 e. The van der Waals surface area contributed by atoms with E-state index in [0.717, 1.165) is 25.5 Å². The Morgan fingerprint density at radius 1 is 1.58 bits per heavy atom. The molecular formula is C12H18N4O3. The molecule has 0 saturated carbocycles. The fourth-order valence-corrected chi connectivity index (χ4v) is 2.24. The van der Waals surface area contributed by atoms with Crippen LogP contribution in [0.15, 0.2) is 6.20 Å². The van der Waals surface area contributed by atoms with Crippen LogP contribution in [0.1, 0.15) is 16.9 Å². The zero-order valence-corrected chi connectivity index (χ0v) is 10.7. The predicted octanol–water partition coefficient (Wildman–Crippen LogP) is -0.156. The fraction of sp³-hybridized carbons (Fsp3) is 0.667. The minimum Gasteiger partial charge on any atom is -0.376 e. The molecule has 19 heavy (non-hydrogen) atoms. The summed E-state index contributed by atoms with van der Waals surface area (Å²) >= 11 is 0. The Morgan fingerprint density at radius 3 is 3.32 bits per heavy atom. The minimum absolute atomic E-state index is 0.0620. The molecule has 3 heterocycles. The van der Waals surface area contributed by atoms with Crippen LogP contribution in [0.4, 0.5) is 5.95 Å². The summed E-state index contributed by atoms with van der Waals surface area (Å²) in [4.78, 5) is 16.3. The van der Waals surface area contributed by atoms with Crippen LogP contribution in [0.2, 0.25) is 0 Å². The predicted molar refractivity (Wildman–Crippen MR) is 68.2 cm³/mol. The summed E-state index contributed by atoms with van der Waals surface area (Å²) in [5.41, 5.74) is 0.445. The van der Waals surface area contributed by atoms with Crippen LogP contribution >= 0.6 is 0 Å². The van der Waals surface area contributed by atoms with Crippen molar-refractivity contribution in [3.8, 4) is 0 Å². The third-order valence-corrected chi connectivity index (χ3v) is 3.24. The molecule has 1 atom stereocenters. The molecular weight excluding hydrogens is 248 g/mol. The number of amides is 1. The van der Waals surface area contributed by atoms with Crippen LogP contribution in [0.3, 0.4) is 0 Å². The maximum absolute atomic E-state index is 12.0. The number of aryl methyl sites for hydroxylation is 1. The van der Waals surface area contributed by atoms with Gasteiger partial charge in [0, 0.05) is 25.8 Å². The molecule has 0 aromatic carbocycles. The third-order valence-electron chi connectivity index (χ3n) is 3.24. The van der Waals surface area contributed by atoms with Crippen LogP contribution < -0.4 is 10.6 Å². The number of hydrogen-bond donors (Lipinski definition) is 2. The van der Waals surface area contributed by atoms with Crippen molar-refractivity contribution in [2.75, 3.05) is 38.2 Å². The average Bonchev–Trinajstić information content (AvgIpc) is 2.90. The van der Waals surface area contributed by atoms with Crippen LogP contribution in [0, 0.1) is 0 Å². The smallest absolute Gasteiger partial charge is 0.271 e. The summed E-state index contributed by atoms with van der Waals surface area (Å²) in [7, 11) is 0. The Bertz CT molecular complexity index is 430. The van der Waals surface area contributed by atoms with Gasteiger partial charge >= 0.3 is 0 Å². The van der Waals surface area contributed by atoms with E-state index in [-0.39, 0.29) is 12.0 Å². The molecule has 1 amide bonds. The normalized spacial score (nSPS) is 22.4. The first-order valence-corrected chi connectivity index (χ1v) is 6.61. The number of ether oxygens (including phenoxy) is 2. The van der Waals surface area contributed by atoms with E-state index in [4.69, 9.17) is 9.47 Å². The molecule has 0 spiro atoms. The van der Waals surface area contributed by atoms with Crippen molar-refractivity contribution in [2.45, 2.75) is 19.1 Å². The second kappa shape index (κ2) is 5.58. The molecule has 7 heteroatoms. The Balaban J connectivity index is 1.56. The Kier molecular flexibility index (Phi) is 3.65. The van der Waals surface area contributed by atoms with E-state index in [1.807, 2.05) is 4.57 Å². The van der Waals surface area contributed by atoms with Crippen molar-refractivity contribution in [3.63, 3.8) is 0 Å². The topological polar surface area (TPSA) is 77.4 Å². The lowest BCUT2D eigenvalue weighted by atomic mass is 10.3. The quantitative estimate of drug-likeness (QED) is 0.795. The number of imidazole rings is 1. The van der Waals surface area contributed by atoms with Crippen molar-refractivity contribution in [1.29, 1.82) is 0 Å². The second-order valence-electron chi connectivity index (χ2n) is 4.70. The second-order valence-corrected chi connectivity index (χ2v) is 4.70. The summed E-state index contributed by atoms with van der Waals surface area (Å²) in [6, 6.07) is 0. The van der Waals surface area contributed by atoms with Gasteiger partial charge in [-0.1, -0.05) is 0 Å². The SMILES string of the molecule is O=C(NCC1COCCO1)c1cn2c(n1)NCCC2. The van der Waals surface area contributed by atoms with Gasteiger partial charge in [-0.3, -0.25) is 4.79 Å². The molecule has 3 rings (SSSR count). The maximum atomic E-state index is 12.0. The molecule has 0 aliphatic carbocycles. The van der Waals surface area contributed by atoms with Crippen LogP contribution in [0.5, 0.6) is 0 Å². The van der Waals surface area contributed by atoms with Crippen LogP contribution in [0.25, 0.3) is 0 Å². The van der Waals surface area contributed by atoms with E-state index in [1.54, 1.807) is 6.20 Å². The molecule has 7 nitrogen and oxygen atoms in total. The van der Waals surface area contributed by atoms with Crippen molar-refractivity contribution < 1.29 is 14.3 Å². The molecule has 2 aliphatic heterocycles. The molecule has 1 fully saturated rings. The zero-order chi connectivity index (χ0) is 13.1. The lowest BCUT2D eigenvalue weighted by Crippen LogP contribution is -2.39. The number of anilines is 1. The molecule has 2 N–H and O–H groups in total. The van der Waals surface area contributed by atoms with Gasteiger partial charge in [-0.15, -0.1) is 0 Å². The van der Waals surface area contributed by atoms with Crippen molar-refractivity contribution in [3.05, 3.63) is 11.9 Å². The number of fused-ring (bicyclic) bond motifs is 1. The Labute approximate surface area is 111 Å². The number of rotatable bonds is 3. The van der Waals surface area contributed by atoms with Gasteiger partial charge in [0.15, 0.2) is 0 Å². The van der Waals surface area contributed by atoms with Crippen LogP contribution in [-0.4, -0.2) is 54.5 Å². The van der Waals surface area contributed by atoms with Crippen molar-refractivity contribution in [1.82, 2.24) is 14.9 Å². The maximum Gasteiger partial charge on any atom is 0.271 e. The highest BCUT2D eigenvalue weighted by Crippen LogP contribution is 2.13. The zero-order valence-electron chi connectivity index (χ0n) is 10.7. The molecule has 0 bridgehead atoms. The molecule has 1 aromatic heterocycles. The highest BCUT2D eigenvalue weighted by Gasteiger charge is 2.19. The summed E-state index contributed by atoms with van der Waals surface area (Å²) in [5, 5.41) is 6.00. The van der Waals surface area contributed by atoms with Crippen molar-refractivity contribution in [2.24, 2.45) is 0 Å². The van der Waals surface area contributed by atoms with Gasteiger partial charge in [-0.05, 0) is 6.42 Å². The molecule has 2 aliphatic rings. The highest BCUT2D eigenvalue weighted by atomic mass is 16.6. The number of nitrogens with one attached hydrogen (secondary N) is 2. The molecule has 1 saturated heterocycles. The lowest BCUT2D eigenvalue weighted by molar-refractivity contribution is -0.0855. The van der Waals surface area contributed by atoms with E-state index in [9.17, 15) is 4.79 Å². The summed E-state index contributed by atoms with van der Waals surface area (Å²) in [6.07, 6.45) is 2.78.